The molecule has 1 N–H and O–H groups in total. The van der Waals surface area contributed by atoms with Gasteiger partial charge in [-0.1, -0.05) is 12.1 Å². The number of rotatable bonds is 4. The van der Waals surface area contributed by atoms with Crippen LogP contribution >= 0.6 is 0 Å². The number of aromatic nitrogens is 2. The number of ether oxygens (including phenoxy) is 2. The maximum absolute atomic E-state index is 13.0. The van der Waals surface area contributed by atoms with Gasteiger partial charge >= 0.3 is 0 Å². The number of nitrogens with zero attached hydrogens (tertiary/aromatic N) is 2. The van der Waals surface area contributed by atoms with Crippen LogP contribution in [0.1, 0.15) is 22.3 Å². The van der Waals surface area contributed by atoms with Gasteiger partial charge in [0.25, 0.3) is 11.5 Å². The molecule has 0 fully saturated rings. The molecule has 0 saturated heterocycles. The van der Waals surface area contributed by atoms with E-state index >= 15 is 0 Å². The summed E-state index contributed by atoms with van der Waals surface area (Å²) in [6.07, 6.45) is 5.97. The second-order valence-electron chi connectivity index (χ2n) is 7.54. The van der Waals surface area contributed by atoms with Crippen molar-refractivity contribution in [2.24, 2.45) is 0 Å². The van der Waals surface area contributed by atoms with E-state index in [2.05, 4.69) is 10.3 Å². The fourth-order valence-electron chi connectivity index (χ4n) is 3.74. The average molecular weight is 427 g/mol. The molecule has 3 heterocycles. The molecule has 0 bridgehead atoms. The normalized spacial score (nSPS) is 12.9. The first kappa shape index (κ1) is 19.8. The van der Waals surface area contributed by atoms with Crippen LogP contribution in [0.25, 0.3) is 10.8 Å². The summed E-state index contributed by atoms with van der Waals surface area (Å²) in [4.78, 5) is 30.1. The largest absolute Gasteiger partial charge is 0.490 e. The van der Waals surface area contributed by atoms with Gasteiger partial charge in [-0.2, -0.15) is 0 Å². The van der Waals surface area contributed by atoms with E-state index in [1.165, 1.54) is 0 Å². The first-order valence-electron chi connectivity index (χ1n) is 10.4. The Morgan fingerprint density at radius 3 is 2.72 bits per heavy atom. The van der Waals surface area contributed by atoms with Gasteiger partial charge in [0.1, 0.15) is 0 Å². The molecule has 7 nitrogen and oxygen atoms in total. The lowest BCUT2D eigenvalue weighted by Gasteiger charge is -2.12. The van der Waals surface area contributed by atoms with Gasteiger partial charge in [-0.15, -0.1) is 0 Å². The van der Waals surface area contributed by atoms with Crippen molar-refractivity contribution in [2.75, 3.05) is 18.5 Å². The predicted molar refractivity (Wildman–Crippen MR) is 122 cm³/mol. The number of anilines is 1. The zero-order valence-electron chi connectivity index (χ0n) is 17.3. The Morgan fingerprint density at radius 2 is 1.88 bits per heavy atom. The molecule has 1 aliphatic heterocycles. The number of benzene rings is 2. The molecule has 0 atom stereocenters. The summed E-state index contributed by atoms with van der Waals surface area (Å²) in [5.41, 5.74) is 1.84. The minimum absolute atomic E-state index is 0.127. The summed E-state index contributed by atoms with van der Waals surface area (Å²) in [5.74, 6) is 0.914. The lowest BCUT2D eigenvalue weighted by atomic mass is 10.1. The molecule has 0 spiro atoms. The van der Waals surface area contributed by atoms with Crippen LogP contribution < -0.4 is 20.3 Å². The maximum Gasteiger partial charge on any atom is 0.258 e. The Morgan fingerprint density at radius 1 is 1.00 bits per heavy atom. The quantitative estimate of drug-likeness (QED) is 0.535. The molecule has 4 aromatic rings. The van der Waals surface area contributed by atoms with E-state index in [1.807, 2.05) is 18.2 Å². The summed E-state index contributed by atoms with van der Waals surface area (Å²) in [6, 6.07) is 16.1. The van der Waals surface area contributed by atoms with E-state index in [1.54, 1.807) is 59.6 Å². The number of carbonyl (C=O) groups excluding carboxylic acids is 1. The van der Waals surface area contributed by atoms with Crippen molar-refractivity contribution in [3.63, 3.8) is 0 Å². The van der Waals surface area contributed by atoms with Gasteiger partial charge in [0.2, 0.25) is 0 Å². The van der Waals surface area contributed by atoms with Gasteiger partial charge < -0.3 is 19.4 Å². The van der Waals surface area contributed by atoms with Crippen LogP contribution in [0.3, 0.4) is 0 Å². The highest BCUT2D eigenvalue weighted by Crippen LogP contribution is 2.31. The van der Waals surface area contributed by atoms with E-state index in [-0.39, 0.29) is 11.5 Å². The predicted octanol–water partition coefficient (Wildman–Crippen LogP) is 3.86. The van der Waals surface area contributed by atoms with Gasteiger partial charge in [0, 0.05) is 47.0 Å². The molecule has 32 heavy (non-hydrogen) atoms. The van der Waals surface area contributed by atoms with Gasteiger partial charge in [0.15, 0.2) is 11.5 Å². The molecular formula is C25H21N3O4. The zero-order chi connectivity index (χ0) is 21.9. The smallest absolute Gasteiger partial charge is 0.258 e. The number of amides is 1. The van der Waals surface area contributed by atoms with E-state index in [9.17, 15) is 9.59 Å². The second kappa shape index (κ2) is 8.55. The number of nitrogens with one attached hydrogen (secondary N) is 1. The Kier molecular flexibility index (Phi) is 5.29. The molecule has 1 aliphatic rings. The van der Waals surface area contributed by atoms with Crippen molar-refractivity contribution >= 4 is 22.4 Å². The highest BCUT2D eigenvalue weighted by atomic mass is 16.5. The third kappa shape index (κ3) is 3.92. The van der Waals surface area contributed by atoms with E-state index in [4.69, 9.17) is 9.47 Å². The number of hydrogen-bond donors (Lipinski definition) is 1. The summed E-state index contributed by atoms with van der Waals surface area (Å²) in [7, 11) is 0. The molecule has 0 radical (unpaired) electrons. The third-order valence-electron chi connectivity index (χ3n) is 5.35. The third-order valence-corrected chi connectivity index (χ3v) is 5.35. The molecule has 2 aromatic heterocycles. The van der Waals surface area contributed by atoms with Gasteiger partial charge in [0.05, 0.1) is 19.8 Å². The lowest BCUT2D eigenvalue weighted by Crippen LogP contribution is -2.21. The first-order valence-corrected chi connectivity index (χ1v) is 10.4. The van der Waals surface area contributed by atoms with Crippen molar-refractivity contribution in [1.29, 1.82) is 0 Å². The van der Waals surface area contributed by atoms with Crippen LogP contribution in [0, 0.1) is 0 Å². The van der Waals surface area contributed by atoms with E-state index in [0.717, 1.165) is 12.0 Å². The maximum atomic E-state index is 13.0. The molecule has 1 amide bonds. The van der Waals surface area contributed by atoms with Gasteiger partial charge in [-0.3, -0.25) is 14.6 Å². The van der Waals surface area contributed by atoms with Gasteiger partial charge in [-0.05, 0) is 48.0 Å². The molecule has 2 aromatic carbocycles. The van der Waals surface area contributed by atoms with Crippen LogP contribution in [0.15, 0.2) is 78.0 Å². The molecule has 0 saturated carbocycles. The molecule has 160 valence electrons. The summed E-state index contributed by atoms with van der Waals surface area (Å²) in [5, 5.41) is 4.14. The van der Waals surface area contributed by atoms with E-state index < -0.39 is 0 Å². The molecule has 7 heteroatoms. The minimum atomic E-state index is -0.285. The molecule has 0 unspecified atom stereocenters. The first-order chi connectivity index (χ1) is 15.7. The fraction of sp³-hybridized carbons (Fsp3) is 0.160. The lowest BCUT2D eigenvalue weighted by molar-refractivity contribution is 0.102. The van der Waals surface area contributed by atoms with Crippen molar-refractivity contribution < 1.29 is 14.3 Å². The number of pyridine rings is 2. The Hall–Kier alpha value is -4.13. The number of fused-ring (bicyclic) bond motifs is 2. The number of carbonyl (C=O) groups is 1. The fourth-order valence-corrected chi connectivity index (χ4v) is 3.74. The van der Waals surface area contributed by atoms with Gasteiger partial charge in [-0.25, -0.2) is 0 Å². The topological polar surface area (TPSA) is 82.5 Å². The Balaban J connectivity index is 1.43. The minimum Gasteiger partial charge on any atom is -0.490 e. The Labute approximate surface area is 184 Å². The highest BCUT2D eigenvalue weighted by Gasteiger charge is 2.15. The number of hydrogen-bond acceptors (Lipinski definition) is 5. The standard InChI is InChI=1S/C25H21N3O4/c29-24(18-7-8-22-23(14-18)32-13-3-12-31-22)27-21-6-1-5-20-19(21)9-11-28(25(20)30)16-17-4-2-10-26-15-17/h1-2,4-11,14-15H,3,12-13,16H2,(H,27,29). The summed E-state index contributed by atoms with van der Waals surface area (Å²) < 4.78 is 12.9. The van der Waals surface area contributed by atoms with E-state index in [0.29, 0.717) is 53.3 Å². The van der Waals surface area contributed by atoms with Crippen molar-refractivity contribution in [1.82, 2.24) is 9.55 Å². The average Bonchev–Trinajstić information content (AvgIpc) is 3.07. The van der Waals surface area contributed by atoms with Crippen LogP contribution in [-0.2, 0) is 6.54 Å². The molecule has 0 aliphatic carbocycles. The van der Waals surface area contributed by atoms with Crippen LogP contribution in [0.4, 0.5) is 5.69 Å². The van der Waals surface area contributed by atoms with Crippen molar-refractivity contribution in [2.45, 2.75) is 13.0 Å². The molecule has 5 rings (SSSR count). The molecular weight excluding hydrogens is 406 g/mol. The zero-order valence-corrected chi connectivity index (χ0v) is 17.3. The van der Waals surface area contributed by atoms with Crippen LogP contribution in [-0.4, -0.2) is 28.7 Å². The van der Waals surface area contributed by atoms with Crippen molar-refractivity contribution in [3.8, 4) is 11.5 Å². The summed E-state index contributed by atoms with van der Waals surface area (Å²) in [6.45, 7) is 1.57. The summed E-state index contributed by atoms with van der Waals surface area (Å²) >= 11 is 0. The highest BCUT2D eigenvalue weighted by molar-refractivity contribution is 6.09. The Bertz CT molecular complexity index is 1350. The van der Waals surface area contributed by atoms with Crippen LogP contribution in [0.5, 0.6) is 11.5 Å². The SMILES string of the molecule is O=C(Nc1cccc2c(=O)n(Cc3cccnc3)ccc12)c1ccc2c(c1)OCCCO2. The second-order valence-corrected chi connectivity index (χ2v) is 7.54. The van der Waals surface area contributed by atoms with Crippen LogP contribution in [0.2, 0.25) is 0 Å². The van der Waals surface area contributed by atoms with Crippen molar-refractivity contribution in [3.05, 3.63) is 94.7 Å². The monoisotopic (exact) mass is 427 g/mol.